The van der Waals surface area contributed by atoms with Crippen LogP contribution in [0.2, 0.25) is 0 Å². The Hall–Kier alpha value is -2.61. The van der Waals surface area contributed by atoms with Gasteiger partial charge in [-0.1, -0.05) is 0 Å². The number of rotatable bonds is 2. The van der Waals surface area contributed by atoms with Crippen LogP contribution in [0.3, 0.4) is 0 Å². The normalized spacial score (nSPS) is 9.94. The Morgan fingerprint density at radius 2 is 2.12 bits per heavy atom. The van der Waals surface area contributed by atoms with Crippen LogP contribution >= 0.6 is 0 Å². The summed E-state index contributed by atoms with van der Waals surface area (Å²) in [4.78, 5) is 26.6. The molecule has 2 aromatic rings. The van der Waals surface area contributed by atoms with Gasteiger partial charge in [-0.15, -0.1) is 0 Å². The molecule has 4 N–H and O–H groups in total. The quantitative estimate of drug-likeness (QED) is 0.353. The van der Waals surface area contributed by atoms with E-state index >= 15 is 0 Å². The third kappa shape index (κ3) is 2.16. The Balaban J connectivity index is 2.41. The van der Waals surface area contributed by atoms with Gasteiger partial charge in [-0.2, -0.15) is 4.98 Å². The van der Waals surface area contributed by atoms with Crippen molar-refractivity contribution >= 4 is 5.91 Å². The molecule has 1 amide bonds. The number of nitrogens with zero attached hydrogens (tertiary/aromatic N) is 4. The molecule has 0 atom stereocenters. The average Bonchev–Trinajstić information content (AvgIpc) is 2.39. The van der Waals surface area contributed by atoms with Crippen LogP contribution in [-0.4, -0.2) is 30.9 Å². The van der Waals surface area contributed by atoms with E-state index in [-0.39, 0.29) is 11.4 Å². The minimum atomic E-state index is -0.673. The lowest BCUT2D eigenvalue weighted by molar-refractivity contribution is 0.0950. The van der Waals surface area contributed by atoms with Crippen LogP contribution in [0.15, 0.2) is 24.8 Å². The van der Waals surface area contributed by atoms with Gasteiger partial charge >= 0.3 is 0 Å². The number of carbonyl (C=O) groups is 1. The number of aromatic nitrogens is 4. The lowest BCUT2D eigenvalue weighted by Gasteiger charge is -2.03. The Bertz CT molecular complexity index is 544. The Morgan fingerprint density at radius 3 is 2.71 bits per heavy atom. The van der Waals surface area contributed by atoms with E-state index in [1.165, 1.54) is 18.6 Å². The van der Waals surface area contributed by atoms with E-state index in [2.05, 4.69) is 19.9 Å². The van der Waals surface area contributed by atoms with E-state index in [9.17, 15) is 9.90 Å². The molecule has 8 nitrogen and oxygen atoms in total. The van der Waals surface area contributed by atoms with Gasteiger partial charge in [0.2, 0.25) is 5.88 Å². The fourth-order valence-electron chi connectivity index (χ4n) is 1.15. The highest BCUT2D eigenvalue weighted by molar-refractivity contribution is 5.95. The van der Waals surface area contributed by atoms with Gasteiger partial charge in [0.15, 0.2) is 5.82 Å². The number of hydrazine groups is 1. The number of hydrogen-bond acceptors (Lipinski definition) is 7. The molecule has 8 heteroatoms. The topological polar surface area (TPSA) is 127 Å². The summed E-state index contributed by atoms with van der Waals surface area (Å²) >= 11 is 0. The highest BCUT2D eigenvalue weighted by Crippen LogP contribution is 2.17. The van der Waals surface area contributed by atoms with E-state index in [0.717, 1.165) is 6.20 Å². The van der Waals surface area contributed by atoms with E-state index in [1.54, 1.807) is 0 Å². The number of nitrogens with one attached hydrogen (secondary N) is 1. The second-order valence-electron chi connectivity index (χ2n) is 3.00. The predicted octanol–water partition coefficient (Wildman–Crippen LogP) is -0.757. The molecule has 2 rings (SSSR count). The van der Waals surface area contributed by atoms with Crippen LogP contribution < -0.4 is 11.3 Å². The zero-order valence-corrected chi connectivity index (χ0v) is 8.53. The van der Waals surface area contributed by atoms with Crippen molar-refractivity contribution in [2.45, 2.75) is 0 Å². The first-order valence-electron chi connectivity index (χ1n) is 4.55. The molecule has 0 radical (unpaired) electrons. The molecule has 0 aromatic carbocycles. The van der Waals surface area contributed by atoms with Crippen LogP contribution in [0, 0.1) is 0 Å². The molecule has 0 spiro atoms. The monoisotopic (exact) mass is 232 g/mol. The second kappa shape index (κ2) is 4.49. The molecule has 2 aromatic heterocycles. The summed E-state index contributed by atoms with van der Waals surface area (Å²) in [7, 11) is 0. The highest BCUT2D eigenvalue weighted by atomic mass is 16.3. The number of aromatic hydroxyl groups is 1. The third-order valence-electron chi connectivity index (χ3n) is 1.94. The summed E-state index contributed by atoms with van der Waals surface area (Å²) in [5.41, 5.74) is 2.15. The lowest BCUT2D eigenvalue weighted by Crippen LogP contribution is -2.30. The Morgan fingerprint density at radius 1 is 1.29 bits per heavy atom. The molecule has 17 heavy (non-hydrogen) atoms. The van der Waals surface area contributed by atoms with Crippen molar-refractivity contribution in [3.63, 3.8) is 0 Å². The molecule has 0 saturated heterocycles. The fraction of sp³-hybridized carbons (Fsp3) is 0. The van der Waals surface area contributed by atoms with Crippen molar-refractivity contribution in [1.29, 1.82) is 0 Å². The van der Waals surface area contributed by atoms with Gasteiger partial charge in [0, 0.05) is 18.6 Å². The second-order valence-corrected chi connectivity index (χ2v) is 3.00. The van der Waals surface area contributed by atoms with Gasteiger partial charge in [0.25, 0.3) is 5.91 Å². The molecule has 0 aliphatic rings. The van der Waals surface area contributed by atoms with Crippen molar-refractivity contribution < 1.29 is 9.90 Å². The minimum absolute atomic E-state index is 0.111. The van der Waals surface area contributed by atoms with Gasteiger partial charge in [0.1, 0.15) is 11.3 Å². The lowest BCUT2D eigenvalue weighted by atomic mass is 10.3. The zero-order valence-electron chi connectivity index (χ0n) is 8.53. The maximum absolute atomic E-state index is 11.2. The van der Waals surface area contributed by atoms with Gasteiger partial charge < -0.3 is 5.11 Å². The number of amides is 1. The zero-order chi connectivity index (χ0) is 12.3. The van der Waals surface area contributed by atoms with Crippen LogP contribution in [0.5, 0.6) is 5.88 Å². The molecular formula is C9H8N6O2. The minimum Gasteiger partial charge on any atom is -0.493 e. The van der Waals surface area contributed by atoms with Gasteiger partial charge in [-0.05, 0) is 0 Å². The van der Waals surface area contributed by atoms with Crippen LogP contribution in [-0.2, 0) is 0 Å². The molecule has 0 fully saturated rings. The summed E-state index contributed by atoms with van der Waals surface area (Å²) in [6.07, 6.45) is 5.57. The predicted molar refractivity (Wildman–Crippen MR) is 56.4 cm³/mol. The molecular weight excluding hydrogens is 224 g/mol. The smallest absolute Gasteiger partial charge is 0.272 e. The van der Waals surface area contributed by atoms with E-state index in [0.29, 0.717) is 5.69 Å². The summed E-state index contributed by atoms with van der Waals surface area (Å²) < 4.78 is 0. The number of carbonyl (C=O) groups excluding carboxylic acids is 1. The molecule has 0 aliphatic carbocycles. The van der Waals surface area contributed by atoms with Gasteiger partial charge in [-0.25, -0.2) is 15.8 Å². The van der Waals surface area contributed by atoms with Crippen molar-refractivity contribution in [1.82, 2.24) is 25.4 Å². The van der Waals surface area contributed by atoms with Crippen molar-refractivity contribution in [3.8, 4) is 17.4 Å². The number of hydrogen-bond donors (Lipinski definition) is 3. The molecule has 0 bridgehead atoms. The summed E-state index contributed by atoms with van der Waals surface area (Å²) in [6.45, 7) is 0. The molecule has 2 heterocycles. The van der Waals surface area contributed by atoms with E-state index in [4.69, 9.17) is 5.84 Å². The maximum atomic E-state index is 11.2. The highest BCUT2D eigenvalue weighted by Gasteiger charge is 2.14. The van der Waals surface area contributed by atoms with Crippen molar-refractivity contribution in [2.75, 3.05) is 0 Å². The summed E-state index contributed by atoms with van der Waals surface area (Å²) in [5, 5.41) is 9.54. The van der Waals surface area contributed by atoms with Crippen LogP contribution in [0.1, 0.15) is 10.4 Å². The van der Waals surface area contributed by atoms with Crippen LogP contribution in [0.25, 0.3) is 11.5 Å². The molecule has 0 saturated carbocycles. The summed E-state index contributed by atoms with van der Waals surface area (Å²) in [5.74, 6) is 3.96. The third-order valence-corrected chi connectivity index (χ3v) is 1.94. The first kappa shape index (κ1) is 10.9. The number of nitrogens with two attached hydrogens (primary N) is 1. The first-order valence-corrected chi connectivity index (χ1v) is 4.55. The molecule has 86 valence electrons. The molecule has 0 aliphatic heterocycles. The Labute approximate surface area is 95.5 Å². The first-order chi connectivity index (χ1) is 8.22. The largest absolute Gasteiger partial charge is 0.493 e. The van der Waals surface area contributed by atoms with E-state index in [1.807, 2.05) is 5.43 Å². The fourth-order valence-corrected chi connectivity index (χ4v) is 1.15. The van der Waals surface area contributed by atoms with Crippen LogP contribution in [0.4, 0.5) is 0 Å². The van der Waals surface area contributed by atoms with Crippen molar-refractivity contribution in [2.24, 2.45) is 5.84 Å². The number of nitrogen functional groups attached to an aromatic ring is 1. The molecule has 0 unspecified atom stereocenters. The summed E-state index contributed by atoms with van der Waals surface area (Å²) in [6, 6.07) is 0. The maximum Gasteiger partial charge on any atom is 0.272 e. The van der Waals surface area contributed by atoms with Gasteiger partial charge in [-0.3, -0.25) is 15.2 Å². The standard InChI is InChI=1S/C9H8N6O2/c10-15-9(17)5-3-13-7(14-8(5)16)6-4-11-1-2-12-6/h1-4H,10H2,(H,15,17)(H,13,14,16). The van der Waals surface area contributed by atoms with Gasteiger partial charge in [0.05, 0.1) is 6.20 Å². The van der Waals surface area contributed by atoms with E-state index < -0.39 is 11.8 Å². The SMILES string of the molecule is NNC(=O)c1cnc(-c2cnccn2)nc1O. The van der Waals surface area contributed by atoms with Crippen molar-refractivity contribution in [3.05, 3.63) is 30.4 Å². The Kier molecular flexibility index (Phi) is 2.88. The average molecular weight is 232 g/mol.